The zero-order valence-corrected chi connectivity index (χ0v) is 9.95. The summed E-state index contributed by atoms with van der Waals surface area (Å²) in [5, 5.41) is 0.931. The van der Waals surface area contributed by atoms with Gasteiger partial charge in [0.25, 0.3) is 0 Å². The third-order valence-corrected chi connectivity index (χ3v) is 2.84. The van der Waals surface area contributed by atoms with Crippen LogP contribution in [0.5, 0.6) is 0 Å². The van der Waals surface area contributed by atoms with Gasteiger partial charge in [-0.2, -0.15) is 0 Å². The quantitative estimate of drug-likeness (QED) is 0.410. The van der Waals surface area contributed by atoms with E-state index in [1.165, 1.54) is 5.57 Å². The zero-order chi connectivity index (χ0) is 8.69. The molecule has 0 bridgehead atoms. The Morgan fingerprint density at radius 1 is 1.27 bits per heavy atom. The summed E-state index contributed by atoms with van der Waals surface area (Å²) in [6.45, 7) is 4.22. The van der Waals surface area contributed by atoms with Crippen molar-refractivity contribution >= 4 is 34.2 Å². The summed E-state index contributed by atoms with van der Waals surface area (Å²) in [5.41, 5.74) is 1.44. The fourth-order valence-corrected chi connectivity index (χ4v) is 1.44. The fourth-order valence-electron chi connectivity index (χ4n) is 0.583. The summed E-state index contributed by atoms with van der Waals surface area (Å²) in [7, 11) is 0. The fraction of sp³-hybridized carbons (Fsp3) is 0.556. The van der Waals surface area contributed by atoms with Gasteiger partial charge in [-0.15, -0.1) is 0 Å². The second kappa shape index (κ2) is 7.17. The van der Waals surface area contributed by atoms with Crippen molar-refractivity contribution in [1.82, 2.24) is 0 Å². The Hall–Kier alpha value is 0.500. The molecule has 0 saturated carbocycles. The normalized spacial score (nSPS) is 13.8. The average molecular weight is 285 g/mol. The lowest BCUT2D eigenvalue weighted by Crippen LogP contribution is -1.79. The molecule has 64 valence electrons. The van der Waals surface area contributed by atoms with Gasteiger partial charge < -0.3 is 0 Å². The molecule has 0 fully saturated rings. The van der Waals surface area contributed by atoms with Crippen molar-refractivity contribution in [3.05, 3.63) is 22.8 Å². The monoisotopic (exact) mass is 284 g/mol. The number of hydrogen-bond acceptors (Lipinski definition) is 0. The third kappa shape index (κ3) is 5.74. The first-order valence-electron chi connectivity index (χ1n) is 3.84. The van der Waals surface area contributed by atoms with E-state index in [9.17, 15) is 0 Å². The first-order chi connectivity index (χ1) is 5.24. The van der Waals surface area contributed by atoms with Gasteiger partial charge in [0.15, 0.2) is 0 Å². The summed E-state index contributed by atoms with van der Waals surface area (Å²) in [6, 6.07) is 0. The van der Waals surface area contributed by atoms with Gasteiger partial charge in [0.2, 0.25) is 0 Å². The second-order valence-corrected chi connectivity index (χ2v) is 3.53. The molecule has 0 rings (SSSR count). The van der Waals surface area contributed by atoms with E-state index in [1.54, 1.807) is 0 Å². The smallest absolute Gasteiger partial charge is 0.0208 e. The number of alkyl halides is 1. The minimum absolute atomic E-state index is 0.927. The van der Waals surface area contributed by atoms with Crippen LogP contribution in [0.4, 0.5) is 0 Å². The maximum atomic E-state index is 5.84. The minimum atomic E-state index is 0.927. The largest absolute Gasteiger partial charge is 0.0892 e. The van der Waals surface area contributed by atoms with E-state index in [2.05, 4.69) is 42.5 Å². The average Bonchev–Trinajstić information content (AvgIpc) is 2.06. The van der Waals surface area contributed by atoms with Crippen molar-refractivity contribution in [2.75, 3.05) is 4.43 Å². The van der Waals surface area contributed by atoms with Gasteiger partial charge in [-0.25, -0.2) is 0 Å². The molecule has 0 spiro atoms. The van der Waals surface area contributed by atoms with Gasteiger partial charge in [-0.3, -0.25) is 0 Å². The molecule has 0 unspecified atom stereocenters. The van der Waals surface area contributed by atoms with E-state index in [0.717, 1.165) is 22.3 Å². The first kappa shape index (κ1) is 11.5. The van der Waals surface area contributed by atoms with Crippen molar-refractivity contribution in [2.24, 2.45) is 0 Å². The number of halogens is 2. The molecule has 0 aromatic carbocycles. The highest BCUT2D eigenvalue weighted by atomic mass is 127. The maximum absolute atomic E-state index is 5.84. The van der Waals surface area contributed by atoms with Crippen LogP contribution < -0.4 is 0 Å². The van der Waals surface area contributed by atoms with Crippen LogP contribution in [0.25, 0.3) is 0 Å². The molecule has 0 aromatic rings. The molecule has 0 aliphatic carbocycles. The van der Waals surface area contributed by atoms with Crippen molar-refractivity contribution in [2.45, 2.75) is 26.7 Å². The van der Waals surface area contributed by atoms with Gasteiger partial charge >= 0.3 is 0 Å². The number of rotatable bonds is 4. The highest BCUT2D eigenvalue weighted by molar-refractivity contribution is 14.1. The Bertz CT molecular complexity index is 153. The molecular formula is C9H14ClI. The Labute approximate surface area is 87.8 Å². The Morgan fingerprint density at radius 3 is 2.27 bits per heavy atom. The van der Waals surface area contributed by atoms with E-state index in [1.807, 2.05) is 6.08 Å². The standard InChI is InChI=1S/C9H14ClI/c1-3-8(7-11)5-6-9(10)4-2/h5-6H,3-4,7H2,1-2H3/b8-5+,9-6+. The van der Waals surface area contributed by atoms with Gasteiger partial charge in [0.1, 0.15) is 0 Å². The lowest BCUT2D eigenvalue weighted by Gasteiger charge is -1.95. The van der Waals surface area contributed by atoms with Crippen LogP contribution in [-0.2, 0) is 0 Å². The van der Waals surface area contributed by atoms with Crippen molar-refractivity contribution < 1.29 is 0 Å². The van der Waals surface area contributed by atoms with Crippen molar-refractivity contribution in [3.8, 4) is 0 Å². The molecule has 0 aliphatic heterocycles. The highest BCUT2D eigenvalue weighted by Gasteiger charge is 1.88. The van der Waals surface area contributed by atoms with Gasteiger partial charge in [-0.05, 0) is 18.9 Å². The molecule has 2 heteroatoms. The summed E-state index contributed by atoms with van der Waals surface area (Å²) >= 11 is 8.21. The SMILES string of the molecule is CC/C(Cl)=C\C=C(/CC)CI. The van der Waals surface area contributed by atoms with Gasteiger partial charge in [0, 0.05) is 9.46 Å². The van der Waals surface area contributed by atoms with Crippen LogP contribution in [0.2, 0.25) is 0 Å². The summed E-state index contributed by atoms with van der Waals surface area (Å²) in [4.78, 5) is 0. The van der Waals surface area contributed by atoms with Crippen LogP contribution in [0, 0.1) is 0 Å². The van der Waals surface area contributed by atoms with Crippen molar-refractivity contribution in [3.63, 3.8) is 0 Å². The van der Waals surface area contributed by atoms with E-state index in [4.69, 9.17) is 11.6 Å². The Morgan fingerprint density at radius 2 is 1.91 bits per heavy atom. The first-order valence-corrected chi connectivity index (χ1v) is 5.75. The maximum Gasteiger partial charge on any atom is 0.0208 e. The van der Waals surface area contributed by atoms with Crippen LogP contribution in [0.15, 0.2) is 22.8 Å². The molecule has 0 atom stereocenters. The van der Waals surface area contributed by atoms with Crippen molar-refractivity contribution in [1.29, 1.82) is 0 Å². The molecule has 0 aromatic heterocycles. The van der Waals surface area contributed by atoms with Gasteiger partial charge in [0.05, 0.1) is 0 Å². The van der Waals surface area contributed by atoms with E-state index >= 15 is 0 Å². The molecule has 11 heavy (non-hydrogen) atoms. The third-order valence-electron chi connectivity index (χ3n) is 1.46. The van der Waals surface area contributed by atoms with Crippen LogP contribution in [0.3, 0.4) is 0 Å². The Balaban J connectivity index is 4.06. The number of allylic oxidation sites excluding steroid dienone is 4. The van der Waals surface area contributed by atoms with E-state index in [-0.39, 0.29) is 0 Å². The lowest BCUT2D eigenvalue weighted by atomic mass is 10.2. The molecule has 0 saturated heterocycles. The molecule has 0 nitrogen and oxygen atoms in total. The predicted octanol–water partition coefficient (Wildman–Crippen LogP) is 4.29. The second-order valence-electron chi connectivity index (χ2n) is 2.28. The molecular weight excluding hydrogens is 270 g/mol. The van der Waals surface area contributed by atoms with Crippen LogP contribution in [-0.4, -0.2) is 4.43 Å². The lowest BCUT2D eigenvalue weighted by molar-refractivity contribution is 1.11. The molecule has 0 amide bonds. The van der Waals surface area contributed by atoms with Gasteiger partial charge in [-0.1, -0.05) is 59.7 Å². The predicted molar refractivity (Wildman–Crippen MR) is 61.5 cm³/mol. The molecule has 0 heterocycles. The molecule has 0 N–H and O–H groups in total. The zero-order valence-electron chi connectivity index (χ0n) is 7.03. The van der Waals surface area contributed by atoms with Crippen LogP contribution in [0.1, 0.15) is 26.7 Å². The molecule has 0 aliphatic rings. The summed E-state index contributed by atoms with van der Waals surface area (Å²) in [6.07, 6.45) is 6.17. The highest BCUT2D eigenvalue weighted by Crippen LogP contribution is 2.10. The number of hydrogen-bond donors (Lipinski definition) is 0. The summed E-state index contributed by atoms with van der Waals surface area (Å²) in [5.74, 6) is 0. The van der Waals surface area contributed by atoms with E-state index in [0.29, 0.717) is 0 Å². The van der Waals surface area contributed by atoms with E-state index < -0.39 is 0 Å². The Kier molecular flexibility index (Phi) is 7.49. The topological polar surface area (TPSA) is 0 Å². The van der Waals surface area contributed by atoms with Crippen LogP contribution >= 0.6 is 34.2 Å². The molecule has 0 radical (unpaired) electrons. The summed E-state index contributed by atoms with van der Waals surface area (Å²) < 4.78 is 1.10. The minimum Gasteiger partial charge on any atom is -0.0892 e.